The van der Waals surface area contributed by atoms with Crippen molar-refractivity contribution in [2.24, 2.45) is 0 Å². The van der Waals surface area contributed by atoms with Crippen LogP contribution in [0.15, 0.2) is 65.6 Å². The summed E-state index contributed by atoms with van der Waals surface area (Å²) in [5, 5.41) is 2.88. The number of carbonyl (C=O) groups is 1. The van der Waals surface area contributed by atoms with Crippen LogP contribution in [0.3, 0.4) is 0 Å². The van der Waals surface area contributed by atoms with Gasteiger partial charge in [0, 0.05) is 16.7 Å². The molecule has 0 spiro atoms. The van der Waals surface area contributed by atoms with E-state index in [1.807, 2.05) is 60.3 Å². The van der Waals surface area contributed by atoms with Crippen LogP contribution in [0.5, 0.6) is 0 Å². The van der Waals surface area contributed by atoms with Crippen molar-refractivity contribution in [2.45, 2.75) is 11.3 Å². The van der Waals surface area contributed by atoms with E-state index in [9.17, 15) is 4.79 Å². The number of hydrogen-bond donors (Lipinski definition) is 1. The first kappa shape index (κ1) is 18.3. The first-order chi connectivity index (χ1) is 11.6. The highest BCUT2D eigenvalue weighted by atomic mass is 32.2. The molecular weight excluding hydrogens is 316 g/mol. The highest BCUT2D eigenvalue weighted by Crippen LogP contribution is 2.21. The topological polar surface area (TPSA) is 32.3 Å². The number of rotatable bonds is 8. The van der Waals surface area contributed by atoms with E-state index in [2.05, 4.69) is 36.4 Å². The van der Waals surface area contributed by atoms with E-state index in [1.165, 1.54) is 11.3 Å². The van der Waals surface area contributed by atoms with Crippen molar-refractivity contribution in [3.8, 4) is 0 Å². The molecule has 0 atom stereocenters. The molecule has 1 amide bonds. The van der Waals surface area contributed by atoms with E-state index in [4.69, 9.17) is 0 Å². The molecule has 0 aliphatic carbocycles. The van der Waals surface area contributed by atoms with Gasteiger partial charge in [0.2, 0.25) is 5.91 Å². The largest absolute Gasteiger partial charge is 0.323 e. The summed E-state index contributed by atoms with van der Waals surface area (Å²) in [6, 6.07) is 17.8. The third-order valence-corrected chi connectivity index (χ3v) is 4.47. The second kappa shape index (κ2) is 9.96. The molecule has 0 radical (unpaired) electrons. The molecule has 0 aromatic heterocycles. The van der Waals surface area contributed by atoms with Crippen LogP contribution in [0, 0.1) is 0 Å². The van der Waals surface area contributed by atoms with Gasteiger partial charge in [-0.05, 0) is 68.7 Å². The maximum Gasteiger partial charge on any atom is 0.248 e. The lowest BCUT2D eigenvalue weighted by Gasteiger charge is -2.09. The average Bonchev–Trinajstić information content (AvgIpc) is 2.59. The van der Waals surface area contributed by atoms with E-state index >= 15 is 0 Å². The normalized spacial score (nSPS) is 11.1. The minimum absolute atomic E-state index is 0.120. The maximum absolute atomic E-state index is 11.9. The fourth-order valence-electron chi connectivity index (χ4n) is 2.13. The van der Waals surface area contributed by atoms with Gasteiger partial charge in [-0.1, -0.05) is 30.3 Å². The molecule has 0 aliphatic rings. The number of anilines is 1. The predicted octanol–water partition coefficient (Wildman–Crippen LogP) is 4.38. The standard InChI is InChI=1S/C20H24N2OS/c1-22(2)15-6-16-24-19-12-10-18(11-13-19)21-20(23)14-9-17-7-4-3-5-8-17/h3-5,7-14H,6,15-16H2,1-2H3,(H,21,23)/b14-9+. The van der Waals surface area contributed by atoms with Crippen LogP contribution < -0.4 is 5.32 Å². The summed E-state index contributed by atoms with van der Waals surface area (Å²) >= 11 is 1.84. The van der Waals surface area contributed by atoms with Crippen molar-refractivity contribution in [3.05, 3.63) is 66.2 Å². The first-order valence-corrected chi connectivity index (χ1v) is 9.04. The van der Waals surface area contributed by atoms with Crippen molar-refractivity contribution >= 4 is 29.4 Å². The Morgan fingerprint density at radius 1 is 1.08 bits per heavy atom. The Balaban J connectivity index is 1.78. The Hall–Kier alpha value is -2.04. The highest BCUT2D eigenvalue weighted by molar-refractivity contribution is 7.99. The molecule has 0 unspecified atom stereocenters. The zero-order chi connectivity index (χ0) is 17.2. The SMILES string of the molecule is CN(C)CCCSc1ccc(NC(=O)/C=C/c2ccccc2)cc1. The number of amides is 1. The molecule has 24 heavy (non-hydrogen) atoms. The van der Waals surface area contributed by atoms with Gasteiger partial charge in [0.25, 0.3) is 0 Å². The number of thioether (sulfide) groups is 1. The molecule has 3 nitrogen and oxygen atoms in total. The molecule has 2 rings (SSSR count). The van der Waals surface area contributed by atoms with Crippen molar-refractivity contribution in [3.63, 3.8) is 0 Å². The average molecular weight is 340 g/mol. The van der Waals surface area contributed by atoms with Crippen molar-refractivity contribution in [1.82, 2.24) is 4.90 Å². The lowest BCUT2D eigenvalue weighted by Crippen LogP contribution is -2.13. The van der Waals surface area contributed by atoms with E-state index in [0.717, 1.165) is 23.5 Å². The Labute approximate surface area is 148 Å². The molecule has 4 heteroatoms. The number of carbonyl (C=O) groups excluding carboxylic acids is 1. The van der Waals surface area contributed by atoms with Crippen molar-refractivity contribution in [1.29, 1.82) is 0 Å². The van der Waals surface area contributed by atoms with E-state index in [-0.39, 0.29) is 5.91 Å². The molecule has 0 aliphatic heterocycles. The molecular formula is C20H24N2OS. The number of nitrogens with zero attached hydrogens (tertiary/aromatic N) is 1. The van der Waals surface area contributed by atoms with Crippen LogP contribution >= 0.6 is 11.8 Å². The van der Waals surface area contributed by atoms with Crippen LogP contribution in [0.2, 0.25) is 0 Å². The summed E-state index contributed by atoms with van der Waals surface area (Å²) in [6.45, 7) is 1.11. The molecule has 1 N–H and O–H groups in total. The minimum Gasteiger partial charge on any atom is -0.323 e. The summed E-state index contributed by atoms with van der Waals surface area (Å²) in [4.78, 5) is 15.4. The number of benzene rings is 2. The quantitative estimate of drug-likeness (QED) is 0.440. The van der Waals surface area contributed by atoms with E-state index in [1.54, 1.807) is 6.08 Å². The fourth-order valence-corrected chi connectivity index (χ4v) is 2.96. The maximum atomic E-state index is 11.9. The monoisotopic (exact) mass is 340 g/mol. The molecule has 126 valence electrons. The molecule has 0 saturated carbocycles. The number of hydrogen-bond acceptors (Lipinski definition) is 3. The van der Waals surface area contributed by atoms with Crippen molar-refractivity contribution in [2.75, 3.05) is 31.7 Å². The third kappa shape index (κ3) is 7.02. The summed E-state index contributed by atoms with van der Waals surface area (Å²) in [5.74, 6) is 0.981. The van der Waals surface area contributed by atoms with Gasteiger partial charge in [0.15, 0.2) is 0 Å². The zero-order valence-corrected chi connectivity index (χ0v) is 15.1. The van der Waals surface area contributed by atoms with Crippen molar-refractivity contribution < 1.29 is 4.79 Å². The van der Waals surface area contributed by atoms with Crippen LogP contribution in [0.25, 0.3) is 6.08 Å². The Kier molecular flexibility index (Phi) is 7.59. The van der Waals surface area contributed by atoms with Crippen LogP contribution in [-0.2, 0) is 4.79 Å². The molecule has 2 aromatic carbocycles. The summed E-state index contributed by atoms with van der Waals surface area (Å²) in [5.41, 5.74) is 1.83. The second-order valence-corrected chi connectivity index (χ2v) is 6.93. The number of nitrogens with one attached hydrogen (secondary N) is 1. The molecule has 0 bridgehead atoms. The van der Waals surface area contributed by atoms with Gasteiger partial charge in [-0.2, -0.15) is 0 Å². The summed E-state index contributed by atoms with van der Waals surface area (Å²) in [7, 11) is 4.18. The predicted molar refractivity (Wildman–Crippen MR) is 104 cm³/mol. The zero-order valence-electron chi connectivity index (χ0n) is 14.2. The fraction of sp³-hybridized carbons (Fsp3) is 0.250. The lowest BCUT2D eigenvalue weighted by molar-refractivity contribution is -0.111. The van der Waals surface area contributed by atoms with Gasteiger partial charge >= 0.3 is 0 Å². The Morgan fingerprint density at radius 2 is 1.79 bits per heavy atom. The van der Waals surface area contributed by atoms with E-state index in [0.29, 0.717) is 0 Å². The molecule has 2 aromatic rings. The Morgan fingerprint density at radius 3 is 2.46 bits per heavy atom. The lowest BCUT2D eigenvalue weighted by atomic mass is 10.2. The van der Waals surface area contributed by atoms with Crippen LogP contribution in [0.1, 0.15) is 12.0 Å². The third-order valence-electron chi connectivity index (χ3n) is 3.37. The van der Waals surface area contributed by atoms with Crippen LogP contribution in [-0.4, -0.2) is 37.2 Å². The molecule has 0 heterocycles. The first-order valence-electron chi connectivity index (χ1n) is 8.05. The molecule has 0 fully saturated rings. The smallest absolute Gasteiger partial charge is 0.248 e. The van der Waals surface area contributed by atoms with Gasteiger partial charge in [-0.15, -0.1) is 11.8 Å². The molecule has 0 saturated heterocycles. The highest BCUT2D eigenvalue weighted by Gasteiger charge is 1.99. The minimum atomic E-state index is -0.120. The van der Waals surface area contributed by atoms with Gasteiger partial charge in [-0.3, -0.25) is 4.79 Å². The van der Waals surface area contributed by atoms with E-state index < -0.39 is 0 Å². The van der Waals surface area contributed by atoms with Gasteiger partial charge in [0.1, 0.15) is 0 Å². The van der Waals surface area contributed by atoms with Crippen LogP contribution in [0.4, 0.5) is 5.69 Å². The second-order valence-electron chi connectivity index (χ2n) is 5.76. The van der Waals surface area contributed by atoms with Gasteiger partial charge in [0.05, 0.1) is 0 Å². The Bertz CT molecular complexity index is 651. The summed E-state index contributed by atoms with van der Waals surface area (Å²) < 4.78 is 0. The van der Waals surface area contributed by atoms with Gasteiger partial charge in [-0.25, -0.2) is 0 Å². The summed E-state index contributed by atoms with van der Waals surface area (Å²) in [6.07, 6.45) is 4.53. The van der Waals surface area contributed by atoms with Gasteiger partial charge < -0.3 is 10.2 Å².